The number of pyridine rings is 1. The van der Waals surface area contributed by atoms with Gasteiger partial charge < -0.3 is 9.64 Å². The Morgan fingerprint density at radius 3 is 2.83 bits per heavy atom. The Morgan fingerprint density at radius 1 is 1.22 bits per heavy atom. The maximum atomic E-state index is 11.2. The Balaban J connectivity index is 2.18. The first kappa shape index (κ1) is 11.2. The molecule has 92 valence electrons. The van der Waals surface area contributed by atoms with Crippen LogP contribution in [0.15, 0.2) is 30.5 Å². The number of rotatable bonds is 2. The van der Waals surface area contributed by atoms with Crippen LogP contribution in [0.1, 0.15) is 10.4 Å². The van der Waals surface area contributed by atoms with Gasteiger partial charge in [0.05, 0.1) is 13.2 Å². The molecular weight excluding hydrogens is 228 g/mol. The van der Waals surface area contributed by atoms with Gasteiger partial charge in [0.15, 0.2) is 6.29 Å². The summed E-state index contributed by atoms with van der Waals surface area (Å²) < 4.78 is 5.35. The van der Waals surface area contributed by atoms with E-state index in [2.05, 4.69) is 9.88 Å². The Bertz CT molecular complexity index is 572. The van der Waals surface area contributed by atoms with Gasteiger partial charge in [0, 0.05) is 30.2 Å². The van der Waals surface area contributed by atoms with Crippen molar-refractivity contribution in [3.05, 3.63) is 36.0 Å². The van der Waals surface area contributed by atoms with Crippen molar-refractivity contribution in [3.8, 4) is 0 Å². The fourth-order valence-corrected chi connectivity index (χ4v) is 2.35. The Labute approximate surface area is 105 Å². The normalized spacial score (nSPS) is 15.9. The van der Waals surface area contributed by atoms with Gasteiger partial charge in [-0.05, 0) is 11.5 Å². The number of fused-ring (bicyclic) bond motifs is 1. The number of morpholine rings is 1. The molecule has 0 spiro atoms. The summed E-state index contributed by atoms with van der Waals surface area (Å²) in [7, 11) is 0. The number of nitrogens with zero attached hydrogens (tertiary/aromatic N) is 2. The summed E-state index contributed by atoms with van der Waals surface area (Å²) >= 11 is 0. The second kappa shape index (κ2) is 4.74. The molecule has 2 heterocycles. The second-order valence-corrected chi connectivity index (χ2v) is 4.30. The summed E-state index contributed by atoms with van der Waals surface area (Å²) in [5.74, 6) is 0.888. The van der Waals surface area contributed by atoms with E-state index in [1.807, 2.05) is 24.3 Å². The minimum absolute atomic E-state index is 0.696. The Morgan fingerprint density at radius 2 is 2.06 bits per heavy atom. The molecule has 0 amide bonds. The van der Waals surface area contributed by atoms with E-state index in [0.29, 0.717) is 18.8 Å². The summed E-state index contributed by atoms with van der Waals surface area (Å²) in [4.78, 5) is 17.8. The van der Waals surface area contributed by atoms with Gasteiger partial charge in [0.25, 0.3) is 0 Å². The van der Waals surface area contributed by atoms with Gasteiger partial charge in [-0.3, -0.25) is 4.79 Å². The highest BCUT2D eigenvalue weighted by molar-refractivity contribution is 6.04. The van der Waals surface area contributed by atoms with E-state index < -0.39 is 0 Å². The average Bonchev–Trinajstić information content (AvgIpc) is 2.47. The average molecular weight is 242 g/mol. The number of anilines is 1. The standard InChI is InChI=1S/C14H14N2O2/c17-10-12-3-1-2-11-4-5-15-14(13(11)12)16-6-8-18-9-7-16/h1-5,10H,6-9H2. The van der Waals surface area contributed by atoms with Gasteiger partial charge in [-0.2, -0.15) is 0 Å². The lowest BCUT2D eigenvalue weighted by atomic mass is 10.1. The van der Waals surface area contributed by atoms with E-state index in [-0.39, 0.29) is 0 Å². The number of aldehydes is 1. The molecular formula is C14H14N2O2. The molecule has 0 atom stereocenters. The van der Waals surface area contributed by atoms with Gasteiger partial charge in [0.1, 0.15) is 5.82 Å². The van der Waals surface area contributed by atoms with E-state index in [0.717, 1.165) is 36.0 Å². The lowest BCUT2D eigenvalue weighted by Crippen LogP contribution is -2.36. The van der Waals surface area contributed by atoms with Crippen molar-refractivity contribution in [2.45, 2.75) is 0 Å². The van der Waals surface area contributed by atoms with Crippen LogP contribution in [-0.2, 0) is 4.74 Å². The molecule has 1 aliphatic heterocycles. The molecule has 1 aromatic carbocycles. The number of hydrogen-bond acceptors (Lipinski definition) is 4. The largest absolute Gasteiger partial charge is 0.378 e. The van der Waals surface area contributed by atoms with Crippen LogP contribution in [-0.4, -0.2) is 37.6 Å². The SMILES string of the molecule is O=Cc1cccc2ccnc(N3CCOCC3)c12. The van der Waals surface area contributed by atoms with Crippen LogP contribution in [0.5, 0.6) is 0 Å². The van der Waals surface area contributed by atoms with Crippen molar-refractivity contribution in [1.29, 1.82) is 0 Å². The Hall–Kier alpha value is -1.94. The molecule has 0 aliphatic carbocycles. The summed E-state index contributed by atoms with van der Waals surface area (Å²) in [6, 6.07) is 7.68. The molecule has 0 N–H and O–H groups in total. The first-order valence-electron chi connectivity index (χ1n) is 6.06. The third-order valence-corrected chi connectivity index (χ3v) is 3.24. The highest BCUT2D eigenvalue weighted by Crippen LogP contribution is 2.27. The fourth-order valence-electron chi connectivity index (χ4n) is 2.35. The predicted octanol–water partition coefficient (Wildman–Crippen LogP) is 1.88. The maximum absolute atomic E-state index is 11.2. The number of ether oxygens (including phenoxy) is 1. The Kier molecular flexibility index (Phi) is 2.94. The topological polar surface area (TPSA) is 42.4 Å². The van der Waals surface area contributed by atoms with Crippen LogP contribution in [0, 0.1) is 0 Å². The smallest absolute Gasteiger partial charge is 0.150 e. The molecule has 0 saturated carbocycles. The van der Waals surface area contributed by atoms with Crippen molar-refractivity contribution in [3.63, 3.8) is 0 Å². The molecule has 4 heteroatoms. The van der Waals surface area contributed by atoms with Gasteiger partial charge in [-0.1, -0.05) is 18.2 Å². The summed E-state index contributed by atoms with van der Waals surface area (Å²) in [5, 5.41) is 1.99. The van der Waals surface area contributed by atoms with Crippen molar-refractivity contribution in [2.75, 3.05) is 31.2 Å². The molecule has 4 nitrogen and oxygen atoms in total. The van der Waals surface area contributed by atoms with E-state index in [4.69, 9.17) is 4.74 Å². The third-order valence-electron chi connectivity index (χ3n) is 3.24. The first-order chi connectivity index (χ1) is 8.90. The molecule has 1 saturated heterocycles. The quantitative estimate of drug-likeness (QED) is 0.754. The second-order valence-electron chi connectivity index (χ2n) is 4.30. The van der Waals surface area contributed by atoms with Crippen molar-refractivity contribution in [2.24, 2.45) is 0 Å². The summed E-state index contributed by atoms with van der Waals surface area (Å²) in [6.45, 7) is 3.06. The van der Waals surface area contributed by atoms with Crippen molar-refractivity contribution in [1.82, 2.24) is 4.98 Å². The lowest BCUT2D eigenvalue weighted by molar-refractivity contribution is 0.112. The van der Waals surface area contributed by atoms with Gasteiger partial charge in [-0.25, -0.2) is 4.98 Å². The number of carbonyl (C=O) groups excluding carboxylic acids is 1. The number of hydrogen-bond donors (Lipinski definition) is 0. The minimum Gasteiger partial charge on any atom is -0.378 e. The lowest BCUT2D eigenvalue weighted by Gasteiger charge is -2.29. The minimum atomic E-state index is 0.696. The number of carbonyl (C=O) groups is 1. The van der Waals surface area contributed by atoms with Gasteiger partial charge >= 0.3 is 0 Å². The maximum Gasteiger partial charge on any atom is 0.150 e. The molecule has 2 aromatic rings. The zero-order valence-corrected chi connectivity index (χ0v) is 10.0. The predicted molar refractivity (Wildman–Crippen MR) is 70.2 cm³/mol. The molecule has 0 bridgehead atoms. The van der Waals surface area contributed by atoms with Gasteiger partial charge in [-0.15, -0.1) is 0 Å². The highest BCUT2D eigenvalue weighted by atomic mass is 16.5. The van der Waals surface area contributed by atoms with Crippen LogP contribution in [0.3, 0.4) is 0 Å². The zero-order valence-electron chi connectivity index (χ0n) is 10.0. The van der Waals surface area contributed by atoms with Crippen molar-refractivity contribution >= 4 is 22.9 Å². The van der Waals surface area contributed by atoms with E-state index in [1.165, 1.54) is 0 Å². The van der Waals surface area contributed by atoms with Crippen LogP contribution in [0.25, 0.3) is 10.8 Å². The molecule has 0 unspecified atom stereocenters. The number of benzene rings is 1. The molecule has 18 heavy (non-hydrogen) atoms. The fraction of sp³-hybridized carbons (Fsp3) is 0.286. The van der Waals surface area contributed by atoms with Crippen LogP contribution in [0.4, 0.5) is 5.82 Å². The van der Waals surface area contributed by atoms with E-state index >= 15 is 0 Å². The van der Waals surface area contributed by atoms with Crippen molar-refractivity contribution < 1.29 is 9.53 Å². The molecule has 0 radical (unpaired) electrons. The van der Waals surface area contributed by atoms with Crippen LogP contribution >= 0.6 is 0 Å². The molecule has 1 fully saturated rings. The summed E-state index contributed by atoms with van der Waals surface area (Å²) in [6.07, 6.45) is 2.69. The number of aromatic nitrogens is 1. The van der Waals surface area contributed by atoms with E-state index in [9.17, 15) is 4.79 Å². The molecule has 3 rings (SSSR count). The molecule has 1 aromatic heterocycles. The van der Waals surface area contributed by atoms with Crippen LogP contribution < -0.4 is 4.90 Å². The summed E-state index contributed by atoms with van der Waals surface area (Å²) in [5.41, 5.74) is 0.696. The van der Waals surface area contributed by atoms with E-state index in [1.54, 1.807) is 6.20 Å². The third kappa shape index (κ3) is 1.84. The van der Waals surface area contributed by atoms with Gasteiger partial charge in [0.2, 0.25) is 0 Å². The highest BCUT2D eigenvalue weighted by Gasteiger charge is 2.16. The first-order valence-corrected chi connectivity index (χ1v) is 6.06. The molecule has 1 aliphatic rings. The zero-order chi connectivity index (χ0) is 12.4. The monoisotopic (exact) mass is 242 g/mol. The van der Waals surface area contributed by atoms with Crippen LogP contribution in [0.2, 0.25) is 0 Å².